The maximum atomic E-state index is 12.8. The summed E-state index contributed by atoms with van der Waals surface area (Å²) in [6.07, 6.45) is 3.35. The van der Waals surface area contributed by atoms with Gasteiger partial charge in [-0.05, 0) is 49.2 Å². The number of halogens is 3. The van der Waals surface area contributed by atoms with Crippen LogP contribution in [0.1, 0.15) is 81.5 Å². The number of carbonyl (C=O) groups is 1. The topological polar surface area (TPSA) is 67.6 Å². The first-order valence-electron chi connectivity index (χ1n) is 13.6. The number of hydrogen-bond acceptors (Lipinski definition) is 5. The molecule has 1 aromatic heterocycles. The number of unbranched alkanes of at least 4 members (excludes halogenated alkanes) is 2. The summed E-state index contributed by atoms with van der Waals surface area (Å²) in [5, 5.41) is 3.08. The SMILES string of the molecule is CCCCCC(CCC)NC(=O)c1nc2ccc(OC3CCN(c4ccc(C(F)(F)F)cc4)CC3)cc2o1. The molecule has 206 valence electrons. The number of anilines is 1. The van der Waals surface area contributed by atoms with Crippen molar-refractivity contribution in [2.45, 2.75) is 83.5 Å². The van der Waals surface area contributed by atoms with E-state index in [1.165, 1.54) is 12.1 Å². The molecule has 0 radical (unpaired) electrons. The quantitative estimate of drug-likeness (QED) is 0.262. The lowest BCUT2D eigenvalue weighted by atomic mass is 10.0. The second-order valence-electron chi connectivity index (χ2n) is 9.95. The van der Waals surface area contributed by atoms with E-state index >= 15 is 0 Å². The molecule has 0 bridgehead atoms. The van der Waals surface area contributed by atoms with Crippen molar-refractivity contribution >= 4 is 22.7 Å². The van der Waals surface area contributed by atoms with Gasteiger partial charge >= 0.3 is 12.1 Å². The van der Waals surface area contributed by atoms with Crippen LogP contribution in [0.3, 0.4) is 0 Å². The number of amides is 1. The molecule has 0 saturated carbocycles. The molecule has 6 nitrogen and oxygen atoms in total. The zero-order chi connectivity index (χ0) is 27.1. The average Bonchev–Trinajstić information content (AvgIpc) is 3.33. The van der Waals surface area contributed by atoms with Crippen LogP contribution >= 0.6 is 0 Å². The highest BCUT2D eigenvalue weighted by molar-refractivity contribution is 5.92. The van der Waals surface area contributed by atoms with Gasteiger partial charge in [0.1, 0.15) is 17.4 Å². The van der Waals surface area contributed by atoms with Gasteiger partial charge < -0.3 is 19.4 Å². The van der Waals surface area contributed by atoms with Crippen molar-refractivity contribution in [3.05, 3.63) is 53.9 Å². The van der Waals surface area contributed by atoms with Gasteiger partial charge in [0.2, 0.25) is 0 Å². The molecule has 1 N–H and O–H groups in total. The molecule has 2 aromatic carbocycles. The van der Waals surface area contributed by atoms with E-state index in [0.717, 1.165) is 69.2 Å². The van der Waals surface area contributed by atoms with E-state index in [4.69, 9.17) is 9.15 Å². The third kappa shape index (κ3) is 7.20. The zero-order valence-corrected chi connectivity index (χ0v) is 22.0. The van der Waals surface area contributed by atoms with Crippen LogP contribution in [0.5, 0.6) is 5.75 Å². The van der Waals surface area contributed by atoms with Crippen molar-refractivity contribution in [1.29, 1.82) is 0 Å². The Labute approximate surface area is 221 Å². The fraction of sp³-hybridized carbons (Fsp3) is 0.517. The summed E-state index contributed by atoms with van der Waals surface area (Å²) in [6, 6.07) is 10.8. The van der Waals surface area contributed by atoms with Gasteiger partial charge in [0.15, 0.2) is 5.58 Å². The fourth-order valence-corrected chi connectivity index (χ4v) is 4.89. The van der Waals surface area contributed by atoms with Gasteiger partial charge in [-0.1, -0.05) is 39.5 Å². The number of alkyl halides is 3. The summed E-state index contributed by atoms with van der Waals surface area (Å²) in [5.74, 6) is 0.393. The number of benzene rings is 2. The Hall–Kier alpha value is -3.23. The van der Waals surface area contributed by atoms with E-state index in [1.807, 2.05) is 6.07 Å². The largest absolute Gasteiger partial charge is 0.490 e. The molecule has 1 fully saturated rings. The lowest BCUT2D eigenvalue weighted by Crippen LogP contribution is -2.38. The number of nitrogens with one attached hydrogen (secondary N) is 1. The van der Waals surface area contributed by atoms with Gasteiger partial charge in [-0.15, -0.1) is 0 Å². The minimum absolute atomic E-state index is 0.0261. The Morgan fingerprint density at radius 1 is 1.08 bits per heavy atom. The highest BCUT2D eigenvalue weighted by Gasteiger charge is 2.30. The van der Waals surface area contributed by atoms with Crippen LogP contribution < -0.4 is 15.0 Å². The van der Waals surface area contributed by atoms with Gasteiger partial charge in [0.25, 0.3) is 5.89 Å². The van der Waals surface area contributed by atoms with E-state index < -0.39 is 11.7 Å². The maximum absolute atomic E-state index is 12.8. The van der Waals surface area contributed by atoms with Crippen molar-refractivity contribution in [2.75, 3.05) is 18.0 Å². The first-order chi connectivity index (χ1) is 18.3. The van der Waals surface area contributed by atoms with Crippen LogP contribution in [0.4, 0.5) is 18.9 Å². The molecule has 3 aromatic rings. The maximum Gasteiger partial charge on any atom is 0.416 e. The summed E-state index contributed by atoms with van der Waals surface area (Å²) in [4.78, 5) is 19.2. The van der Waals surface area contributed by atoms with Crippen molar-refractivity contribution in [1.82, 2.24) is 10.3 Å². The van der Waals surface area contributed by atoms with Gasteiger partial charge in [-0.3, -0.25) is 4.79 Å². The Morgan fingerprint density at radius 3 is 2.47 bits per heavy atom. The molecule has 1 atom stereocenters. The van der Waals surface area contributed by atoms with Crippen LogP contribution in [0, 0.1) is 0 Å². The lowest BCUT2D eigenvalue weighted by molar-refractivity contribution is -0.137. The Morgan fingerprint density at radius 2 is 1.82 bits per heavy atom. The lowest BCUT2D eigenvalue weighted by Gasteiger charge is -2.33. The first-order valence-corrected chi connectivity index (χ1v) is 13.6. The number of carbonyl (C=O) groups excluding carboxylic acids is 1. The molecular weight excluding hydrogens is 495 g/mol. The number of ether oxygens (including phenoxy) is 1. The number of aromatic nitrogens is 1. The number of oxazole rings is 1. The third-order valence-corrected chi connectivity index (χ3v) is 6.99. The number of hydrogen-bond donors (Lipinski definition) is 1. The van der Waals surface area contributed by atoms with Gasteiger partial charge in [-0.2, -0.15) is 13.2 Å². The number of piperidine rings is 1. The van der Waals surface area contributed by atoms with Crippen molar-refractivity contribution < 1.29 is 27.1 Å². The number of rotatable bonds is 11. The molecule has 38 heavy (non-hydrogen) atoms. The molecule has 1 saturated heterocycles. The third-order valence-electron chi connectivity index (χ3n) is 6.99. The molecule has 0 spiro atoms. The van der Waals surface area contributed by atoms with Gasteiger partial charge in [0, 0.05) is 43.7 Å². The van der Waals surface area contributed by atoms with E-state index in [-0.39, 0.29) is 23.9 Å². The highest BCUT2D eigenvalue weighted by atomic mass is 19.4. The van der Waals surface area contributed by atoms with Crippen LogP contribution in [-0.4, -0.2) is 36.1 Å². The van der Waals surface area contributed by atoms with Crippen LogP contribution in [0.25, 0.3) is 11.1 Å². The Bertz CT molecular complexity index is 1190. The summed E-state index contributed by atoms with van der Waals surface area (Å²) in [7, 11) is 0. The van der Waals surface area contributed by atoms with Crippen molar-refractivity contribution in [2.24, 2.45) is 0 Å². The smallest absolute Gasteiger partial charge is 0.416 e. The second kappa shape index (κ2) is 12.5. The average molecular weight is 532 g/mol. The van der Waals surface area contributed by atoms with E-state index in [9.17, 15) is 18.0 Å². The molecule has 2 heterocycles. The van der Waals surface area contributed by atoms with Crippen molar-refractivity contribution in [3.63, 3.8) is 0 Å². The molecule has 0 aliphatic carbocycles. The second-order valence-corrected chi connectivity index (χ2v) is 9.95. The minimum Gasteiger partial charge on any atom is -0.490 e. The van der Waals surface area contributed by atoms with E-state index in [2.05, 4.69) is 29.0 Å². The number of fused-ring (bicyclic) bond motifs is 1. The van der Waals surface area contributed by atoms with E-state index in [1.54, 1.807) is 12.1 Å². The summed E-state index contributed by atoms with van der Waals surface area (Å²) < 4.78 is 50.4. The Kier molecular flexibility index (Phi) is 9.17. The Balaban J connectivity index is 1.32. The fourth-order valence-electron chi connectivity index (χ4n) is 4.89. The predicted molar refractivity (Wildman–Crippen MR) is 142 cm³/mol. The first kappa shape index (κ1) is 27.8. The standard InChI is InChI=1S/C29H36F3N3O3/c1-3-5-6-8-21(7-4-2)33-27(36)28-34-25-14-13-24(19-26(25)38-28)37-23-15-17-35(18-16-23)22-11-9-20(10-12-22)29(30,31)32/h9-14,19,21,23H,3-8,15-18H2,1-2H3,(H,33,36). The van der Waals surface area contributed by atoms with Crippen LogP contribution in [-0.2, 0) is 6.18 Å². The monoisotopic (exact) mass is 531 g/mol. The molecule has 1 unspecified atom stereocenters. The number of nitrogens with zero attached hydrogens (tertiary/aromatic N) is 2. The van der Waals surface area contributed by atoms with Gasteiger partial charge in [0.05, 0.1) is 5.56 Å². The summed E-state index contributed by atoms with van der Waals surface area (Å²) >= 11 is 0. The molecule has 1 amide bonds. The molecule has 1 aliphatic rings. The van der Waals surface area contributed by atoms with Gasteiger partial charge in [-0.25, -0.2) is 4.98 Å². The molecule has 4 rings (SSSR count). The van der Waals surface area contributed by atoms with Crippen LogP contribution in [0.15, 0.2) is 46.9 Å². The minimum atomic E-state index is -4.33. The molecule has 1 aliphatic heterocycles. The summed E-state index contributed by atoms with van der Waals surface area (Å²) in [5.41, 5.74) is 1.22. The van der Waals surface area contributed by atoms with E-state index in [0.29, 0.717) is 29.9 Å². The molecule has 9 heteroatoms. The predicted octanol–water partition coefficient (Wildman–Crippen LogP) is 7.37. The van der Waals surface area contributed by atoms with Crippen molar-refractivity contribution in [3.8, 4) is 5.75 Å². The normalized spacial score (nSPS) is 15.6. The highest BCUT2D eigenvalue weighted by Crippen LogP contribution is 2.32. The summed E-state index contributed by atoms with van der Waals surface area (Å²) in [6.45, 7) is 5.64. The van der Waals surface area contributed by atoms with Crippen LogP contribution in [0.2, 0.25) is 0 Å². The zero-order valence-electron chi connectivity index (χ0n) is 22.0. The molecular formula is C29H36F3N3O3.